The smallest absolute Gasteiger partial charge is 0.299 e. The molecule has 20 heavy (non-hydrogen) atoms. The summed E-state index contributed by atoms with van der Waals surface area (Å²) in [6.07, 6.45) is 0.704. The molecule has 0 unspecified atom stereocenters. The number of aromatic nitrogens is 2. The second kappa shape index (κ2) is 6.75. The Hall–Kier alpha value is -2.30. The molecule has 1 aromatic carbocycles. The molecule has 0 saturated carbocycles. The van der Waals surface area contributed by atoms with Gasteiger partial charge >= 0.3 is 0 Å². The van der Waals surface area contributed by atoms with Crippen LogP contribution in [-0.4, -0.2) is 23.3 Å². The fraction of sp³-hybridized carbons (Fsp3) is 0.333. The summed E-state index contributed by atoms with van der Waals surface area (Å²) in [4.78, 5) is 16.1. The van der Waals surface area contributed by atoms with Gasteiger partial charge in [-0.1, -0.05) is 18.2 Å². The first-order valence-electron chi connectivity index (χ1n) is 6.51. The molecule has 1 aromatic heterocycles. The third-order valence-electron chi connectivity index (χ3n) is 2.82. The SMILES string of the molecule is COc1nc(C)cc(=O)n1CCCOc1ccccc1. The largest absolute Gasteiger partial charge is 0.494 e. The first-order chi connectivity index (χ1) is 9.70. The summed E-state index contributed by atoms with van der Waals surface area (Å²) in [7, 11) is 1.51. The second-order valence-electron chi connectivity index (χ2n) is 4.39. The summed E-state index contributed by atoms with van der Waals surface area (Å²) in [5.74, 6) is 0.828. The molecule has 0 radical (unpaired) electrons. The molecule has 0 saturated heterocycles. The Morgan fingerprint density at radius 2 is 2.00 bits per heavy atom. The zero-order chi connectivity index (χ0) is 14.4. The number of methoxy groups -OCH3 is 1. The summed E-state index contributed by atoms with van der Waals surface area (Å²) in [5, 5.41) is 0. The van der Waals surface area contributed by atoms with Crippen molar-refractivity contribution in [2.24, 2.45) is 0 Å². The maximum absolute atomic E-state index is 11.9. The van der Waals surface area contributed by atoms with Gasteiger partial charge in [-0.25, -0.2) is 4.98 Å². The van der Waals surface area contributed by atoms with E-state index >= 15 is 0 Å². The van der Waals surface area contributed by atoms with Crippen LogP contribution < -0.4 is 15.0 Å². The van der Waals surface area contributed by atoms with E-state index in [0.717, 1.165) is 5.75 Å². The molecule has 0 aliphatic heterocycles. The van der Waals surface area contributed by atoms with Gasteiger partial charge in [-0.15, -0.1) is 0 Å². The van der Waals surface area contributed by atoms with E-state index in [4.69, 9.17) is 9.47 Å². The molecule has 0 aliphatic rings. The Bertz CT molecular complexity index is 608. The van der Waals surface area contributed by atoms with E-state index < -0.39 is 0 Å². The van der Waals surface area contributed by atoms with E-state index in [0.29, 0.717) is 31.3 Å². The number of hydrogen-bond acceptors (Lipinski definition) is 4. The predicted octanol–water partition coefficient (Wildman–Crippen LogP) is 2.03. The average Bonchev–Trinajstić information content (AvgIpc) is 2.45. The third-order valence-corrected chi connectivity index (χ3v) is 2.82. The fourth-order valence-corrected chi connectivity index (χ4v) is 1.89. The van der Waals surface area contributed by atoms with Gasteiger partial charge in [0.15, 0.2) is 0 Å². The number of rotatable bonds is 6. The van der Waals surface area contributed by atoms with Crippen LogP contribution in [0.1, 0.15) is 12.1 Å². The van der Waals surface area contributed by atoms with Crippen molar-refractivity contribution in [2.45, 2.75) is 19.9 Å². The number of nitrogens with zero attached hydrogens (tertiary/aromatic N) is 2. The van der Waals surface area contributed by atoms with Crippen LogP contribution in [-0.2, 0) is 6.54 Å². The Labute approximate surface area is 117 Å². The quantitative estimate of drug-likeness (QED) is 0.756. The number of hydrogen-bond donors (Lipinski definition) is 0. The third kappa shape index (κ3) is 3.60. The number of para-hydroxylation sites is 1. The average molecular weight is 274 g/mol. The van der Waals surface area contributed by atoms with Crippen molar-refractivity contribution in [3.63, 3.8) is 0 Å². The maximum atomic E-state index is 11.9. The summed E-state index contributed by atoms with van der Waals surface area (Å²) < 4.78 is 12.2. The van der Waals surface area contributed by atoms with Gasteiger partial charge in [0.25, 0.3) is 11.6 Å². The topological polar surface area (TPSA) is 53.3 Å². The monoisotopic (exact) mass is 274 g/mol. The highest BCUT2D eigenvalue weighted by atomic mass is 16.5. The van der Waals surface area contributed by atoms with Gasteiger partial charge in [-0.3, -0.25) is 9.36 Å². The van der Waals surface area contributed by atoms with Crippen LogP contribution in [0.3, 0.4) is 0 Å². The Morgan fingerprint density at radius 3 is 2.70 bits per heavy atom. The molecular weight excluding hydrogens is 256 g/mol. The van der Waals surface area contributed by atoms with Crippen LogP contribution >= 0.6 is 0 Å². The first-order valence-corrected chi connectivity index (χ1v) is 6.51. The van der Waals surface area contributed by atoms with Gasteiger partial charge in [0.1, 0.15) is 5.75 Å². The van der Waals surface area contributed by atoms with Crippen LogP contribution in [0.15, 0.2) is 41.2 Å². The minimum Gasteiger partial charge on any atom is -0.494 e. The Balaban J connectivity index is 1.93. The highest BCUT2D eigenvalue weighted by molar-refractivity contribution is 5.20. The molecule has 2 aromatic rings. The van der Waals surface area contributed by atoms with Gasteiger partial charge in [-0.2, -0.15) is 0 Å². The molecule has 0 bridgehead atoms. The summed E-state index contributed by atoms with van der Waals surface area (Å²) in [6.45, 7) is 2.82. The molecule has 0 spiro atoms. The molecular formula is C15H18N2O3. The molecule has 1 heterocycles. The van der Waals surface area contributed by atoms with Crippen molar-refractivity contribution < 1.29 is 9.47 Å². The van der Waals surface area contributed by atoms with Crippen LogP contribution in [0.4, 0.5) is 0 Å². The lowest BCUT2D eigenvalue weighted by atomic mass is 10.3. The van der Waals surface area contributed by atoms with Crippen molar-refractivity contribution in [1.29, 1.82) is 0 Å². The second-order valence-corrected chi connectivity index (χ2v) is 4.39. The fourth-order valence-electron chi connectivity index (χ4n) is 1.89. The minimum atomic E-state index is -0.103. The summed E-state index contributed by atoms with van der Waals surface area (Å²) in [6, 6.07) is 11.4. The molecule has 5 nitrogen and oxygen atoms in total. The van der Waals surface area contributed by atoms with Crippen LogP contribution in [0.5, 0.6) is 11.8 Å². The van der Waals surface area contributed by atoms with Gasteiger partial charge in [0.05, 0.1) is 13.7 Å². The van der Waals surface area contributed by atoms with Gasteiger partial charge in [0, 0.05) is 18.3 Å². The highest BCUT2D eigenvalue weighted by Gasteiger charge is 2.06. The number of benzene rings is 1. The lowest BCUT2D eigenvalue weighted by molar-refractivity contribution is 0.288. The van der Waals surface area contributed by atoms with E-state index in [1.54, 1.807) is 6.92 Å². The van der Waals surface area contributed by atoms with Crippen LogP contribution in [0.2, 0.25) is 0 Å². The van der Waals surface area contributed by atoms with Crippen molar-refractivity contribution in [3.8, 4) is 11.8 Å². The normalized spacial score (nSPS) is 10.3. The Kier molecular flexibility index (Phi) is 4.76. The summed E-state index contributed by atoms with van der Waals surface area (Å²) in [5.41, 5.74) is 0.553. The maximum Gasteiger partial charge on any atom is 0.299 e. The lowest BCUT2D eigenvalue weighted by Crippen LogP contribution is -2.23. The standard InChI is InChI=1S/C15H18N2O3/c1-12-11-14(18)17(15(16-12)19-2)9-6-10-20-13-7-4-3-5-8-13/h3-5,7-8,11H,6,9-10H2,1-2H3. The van der Waals surface area contributed by atoms with Crippen molar-refractivity contribution in [3.05, 3.63) is 52.4 Å². The summed E-state index contributed by atoms with van der Waals surface area (Å²) >= 11 is 0. The van der Waals surface area contributed by atoms with E-state index in [2.05, 4.69) is 4.98 Å². The van der Waals surface area contributed by atoms with Crippen molar-refractivity contribution >= 4 is 0 Å². The first kappa shape index (κ1) is 14.1. The number of ether oxygens (including phenoxy) is 2. The zero-order valence-electron chi connectivity index (χ0n) is 11.7. The predicted molar refractivity (Wildman–Crippen MR) is 76.3 cm³/mol. The van der Waals surface area contributed by atoms with E-state index in [1.165, 1.54) is 17.7 Å². The van der Waals surface area contributed by atoms with Crippen molar-refractivity contribution in [2.75, 3.05) is 13.7 Å². The van der Waals surface area contributed by atoms with Crippen molar-refractivity contribution in [1.82, 2.24) is 9.55 Å². The number of aryl methyl sites for hydroxylation is 1. The molecule has 0 fully saturated rings. The van der Waals surface area contributed by atoms with Gasteiger partial charge in [-0.05, 0) is 25.5 Å². The van der Waals surface area contributed by atoms with Gasteiger partial charge < -0.3 is 9.47 Å². The van der Waals surface area contributed by atoms with E-state index in [9.17, 15) is 4.79 Å². The molecule has 5 heteroatoms. The van der Waals surface area contributed by atoms with E-state index in [1.807, 2.05) is 30.3 Å². The highest BCUT2D eigenvalue weighted by Crippen LogP contribution is 2.09. The molecule has 0 aliphatic carbocycles. The molecule has 0 N–H and O–H groups in total. The van der Waals surface area contributed by atoms with Crippen LogP contribution in [0.25, 0.3) is 0 Å². The molecule has 0 atom stereocenters. The molecule has 0 amide bonds. The zero-order valence-corrected chi connectivity index (χ0v) is 11.7. The molecule has 2 rings (SSSR count). The van der Waals surface area contributed by atoms with E-state index in [-0.39, 0.29) is 5.56 Å². The Morgan fingerprint density at radius 1 is 1.25 bits per heavy atom. The lowest BCUT2D eigenvalue weighted by Gasteiger charge is -2.11. The molecule has 106 valence electrons. The van der Waals surface area contributed by atoms with Gasteiger partial charge in [0.2, 0.25) is 0 Å². The minimum absolute atomic E-state index is 0.103. The van der Waals surface area contributed by atoms with Crippen LogP contribution in [0, 0.1) is 6.92 Å².